The second kappa shape index (κ2) is 9.84. The van der Waals surface area contributed by atoms with Gasteiger partial charge in [-0.2, -0.15) is 0 Å². The van der Waals surface area contributed by atoms with Crippen LogP contribution >= 0.6 is 0 Å². The van der Waals surface area contributed by atoms with Gasteiger partial charge >= 0.3 is 0 Å². The molecule has 0 aromatic carbocycles. The van der Waals surface area contributed by atoms with Crippen molar-refractivity contribution < 1.29 is 20.4 Å². The van der Waals surface area contributed by atoms with E-state index >= 15 is 0 Å². The molecule has 4 nitrogen and oxygen atoms in total. The van der Waals surface area contributed by atoms with Crippen LogP contribution in [0.5, 0.6) is 0 Å². The fraction of sp³-hybridized carbons (Fsp3) is 1.00. The Kier molecular flexibility index (Phi) is 12.0. The molecule has 0 aliphatic carbocycles. The fourth-order valence-corrected chi connectivity index (χ4v) is 0.0577. The van der Waals surface area contributed by atoms with Crippen LogP contribution in [-0.4, -0.2) is 46.4 Å². The zero-order valence-electron chi connectivity index (χ0n) is 7.06. The summed E-state index contributed by atoms with van der Waals surface area (Å²) >= 11 is 0. The Morgan fingerprint density at radius 1 is 0.909 bits per heavy atom. The first-order valence-electron chi connectivity index (χ1n) is 3.59. The number of aliphatic hydroxyl groups excluding tert-OH is 4. The largest absolute Gasteiger partial charge is 0.396 e. The topological polar surface area (TPSA) is 80.9 Å². The van der Waals surface area contributed by atoms with Crippen LogP contribution < -0.4 is 0 Å². The van der Waals surface area contributed by atoms with Gasteiger partial charge < -0.3 is 20.4 Å². The van der Waals surface area contributed by atoms with Crippen molar-refractivity contribution in [2.75, 3.05) is 19.8 Å². The third-order valence-corrected chi connectivity index (χ3v) is 0.787. The molecule has 0 aromatic heterocycles. The number of hydrogen-bond donors (Lipinski definition) is 4. The fourth-order valence-electron chi connectivity index (χ4n) is 0.0577. The summed E-state index contributed by atoms with van der Waals surface area (Å²) in [4.78, 5) is 0. The summed E-state index contributed by atoms with van der Waals surface area (Å²) in [6.07, 6.45) is -0.954. The van der Waals surface area contributed by atoms with Crippen LogP contribution in [0.1, 0.15) is 13.8 Å². The van der Waals surface area contributed by atoms with Gasteiger partial charge in [0.15, 0.2) is 0 Å². The van der Waals surface area contributed by atoms with E-state index in [1.807, 2.05) is 13.8 Å². The molecule has 0 saturated carbocycles. The van der Waals surface area contributed by atoms with Crippen molar-refractivity contribution in [2.45, 2.75) is 20.0 Å². The molecule has 0 fully saturated rings. The second-order valence-electron chi connectivity index (χ2n) is 2.60. The van der Waals surface area contributed by atoms with Gasteiger partial charge in [0.2, 0.25) is 0 Å². The molecule has 0 bridgehead atoms. The summed E-state index contributed by atoms with van der Waals surface area (Å²) in [5.41, 5.74) is 0. The van der Waals surface area contributed by atoms with E-state index in [1.165, 1.54) is 0 Å². The Morgan fingerprint density at radius 2 is 1.18 bits per heavy atom. The van der Waals surface area contributed by atoms with Gasteiger partial charge in [0.05, 0.1) is 13.2 Å². The molecule has 11 heavy (non-hydrogen) atoms. The van der Waals surface area contributed by atoms with E-state index in [1.54, 1.807) is 0 Å². The van der Waals surface area contributed by atoms with Gasteiger partial charge in [-0.15, -0.1) is 0 Å². The van der Waals surface area contributed by atoms with E-state index < -0.39 is 6.10 Å². The Morgan fingerprint density at radius 3 is 1.18 bits per heavy atom. The van der Waals surface area contributed by atoms with E-state index in [-0.39, 0.29) is 13.2 Å². The third kappa shape index (κ3) is 17.7. The Hall–Kier alpha value is -0.160. The maximum atomic E-state index is 8.17. The van der Waals surface area contributed by atoms with Crippen molar-refractivity contribution in [3.8, 4) is 0 Å². The van der Waals surface area contributed by atoms with Gasteiger partial charge in [0.1, 0.15) is 6.10 Å². The van der Waals surface area contributed by atoms with Crippen LogP contribution in [0.25, 0.3) is 0 Å². The normalized spacial score (nSPS) is 9.82. The highest BCUT2D eigenvalue weighted by atomic mass is 16.3. The van der Waals surface area contributed by atoms with Gasteiger partial charge in [-0.1, -0.05) is 13.8 Å². The minimum atomic E-state index is -0.954. The van der Waals surface area contributed by atoms with Crippen LogP contribution in [0.4, 0.5) is 0 Å². The minimum absolute atomic E-state index is 0.306. The lowest BCUT2D eigenvalue weighted by Gasteiger charge is -1.96. The molecule has 0 atom stereocenters. The molecule has 0 aliphatic heterocycles. The van der Waals surface area contributed by atoms with E-state index in [0.717, 1.165) is 0 Å². The van der Waals surface area contributed by atoms with Crippen molar-refractivity contribution in [3.63, 3.8) is 0 Å². The first kappa shape index (κ1) is 13.4. The third-order valence-electron chi connectivity index (χ3n) is 0.787. The molecule has 0 aliphatic rings. The predicted molar refractivity (Wildman–Crippen MR) is 42.1 cm³/mol. The summed E-state index contributed by atoms with van der Waals surface area (Å²) in [5.74, 6) is 0.440. The Balaban J connectivity index is 0. The van der Waals surface area contributed by atoms with Gasteiger partial charge in [0, 0.05) is 6.61 Å². The first-order chi connectivity index (χ1) is 5.08. The Labute approximate surface area is 67.1 Å². The average Bonchev–Trinajstić information content (AvgIpc) is 2.04. The number of hydrogen-bond acceptors (Lipinski definition) is 4. The van der Waals surface area contributed by atoms with Crippen LogP contribution in [0.3, 0.4) is 0 Å². The lowest BCUT2D eigenvalue weighted by atomic mass is 10.2. The summed E-state index contributed by atoms with van der Waals surface area (Å²) < 4.78 is 0. The quantitative estimate of drug-likeness (QED) is 0.432. The van der Waals surface area contributed by atoms with Crippen molar-refractivity contribution >= 4 is 0 Å². The molecule has 4 N–H and O–H groups in total. The number of aliphatic hydroxyl groups is 4. The zero-order valence-corrected chi connectivity index (χ0v) is 7.06. The highest BCUT2D eigenvalue weighted by Gasteiger charge is 1.93. The van der Waals surface area contributed by atoms with Crippen molar-refractivity contribution in [1.82, 2.24) is 0 Å². The summed E-state index contributed by atoms with van der Waals surface area (Å²) in [6, 6.07) is 0. The molecule has 0 saturated heterocycles. The second-order valence-corrected chi connectivity index (χ2v) is 2.60. The highest BCUT2D eigenvalue weighted by Crippen LogP contribution is 1.83. The molecular weight excluding hydrogens is 148 g/mol. The van der Waals surface area contributed by atoms with Crippen LogP contribution in [0.15, 0.2) is 0 Å². The van der Waals surface area contributed by atoms with Gasteiger partial charge in [-0.3, -0.25) is 0 Å². The van der Waals surface area contributed by atoms with Crippen molar-refractivity contribution in [2.24, 2.45) is 5.92 Å². The van der Waals surface area contributed by atoms with Gasteiger partial charge in [0.25, 0.3) is 0 Å². The monoisotopic (exact) mass is 166 g/mol. The van der Waals surface area contributed by atoms with E-state index in [4.69, 9.17) is 20.4 Å². The molecule has 0 heterocycles. The smallest absolute Gasteiger partial charge is 0.100 e. The molecule has 0 aromatic rings. The first-order valence-corrected chi connectivity index (χ1v) is 3.59. The summed E-state index contributed by atoms with van der Waals surface area (Å²) in [5, 5.41) is 32.2. The molecule has 70 valence electrons. The van der Waals surface area contributed by atoms with E-state index in [2.05, 4.69) is 0 Å². The van der Waals surface area contributed by atoms with Crippen LogP contribution in [0, 0.1) is 5.92 Å². The van der Waals surface area contributed by atoms with Gasteiger partial charge in [-0.05, 0) is 5.92 Å². The molecule has 0 amide bonds. The predicted octanol–water partition coefficient (Wildman–Crippen LogP) is -1.03. The van der Waals surface area contributed by atoms with Gasteiger partial charge in [-0.25, -0.2) is 0 Å². The maximum Gasteiger partial charge on any atom is 0.100 e. The van der Waals surface area contributed by atoms with Crippen LogP contribution in [-0.2, 0) is 0 Å². The van der Waals surface area contributed by atoms with Crippen LogP contribution in [0.2, 0.25) is 0 Å². The molecule has 0 unspecified atom stereocenters. The molecule has 0 rings (SSSR count). The molecular formula is C7H18O4. The molecule has 0 spiro atoms. The molecule has 4 heteroatoms. The Bertz CT molecular complexity index is 61.5. The van der Waals surface area contributed by atoms with E-state index in [9.17, 15) is 0 Å². The lowest BCUT2D eigenvalue weighted by molar-refractivity contribution is 0.0450. The average molecular weight is 166 g/mol. The summed E-state index contributed by atoms with van der Waals surface area (Å²) in [6.45, 7) is 3.52. The van der Waals surface area contributed by atoms with Crippen molar-refractivity contribution in [3.05, 3.63) is 0 Å². The molecule has 0 radical (unpaired) electrons. The SMILES string of the molecule is CC(C)CO.OCC(O)CO. The highest BCUT2D eigenvalue weighted by molar-refractivity contribution is 4.44. The summed E-state index contributed by atoms with van der Waals surface area (Å²) in [7, 11) is 0. The zero-order chi connectivity index (χ0) is 9.28. The van der Waals surface area contributed by atoms with E-state index in [0.29, 0.717) is 12.5 Å². The number of rotatable bonds is 3. The standard InChI is InChI=1S/C4H10O.C3H8O3/c1-4(2)3-5;4-1-3(6)2-5/h4-5H,3H2,1-2H3;3-6H,1-2H2. The van der Waals surface area contributed by atoms with Crippen molar-refractivity contribution in [1.29, 1.82) is 0 Å². The minimum Gasteiger partial charge on any atom is -0.396 e. The lowest BCUT2D eigenvalue weighted by Crippen LogP contribution is -2.15. The maximum absolute atomic E-state index is 8.17.